The predicted molar refractivity (Wildman–Crippen MR) is 63.6 cm³/mol. The van der Waals surface area contributed by atoms with Gasteiger partial charge in [0.25, 0.3) is 0 Å². The number of pyridine rings is 1. The molecule has 4 nitrogen and oxygen atoms in total. The fourth-order valence-electron chi connectivity index (χ4n) is 1.31. The van der Waals surface area contributed by atoms with Crippen LogP contribution >= 0.6 is 27.5 Å². The minimum Gasteiger partial charge on any atom is -0.287 e. The summed E-state index contributed by atoms with van der Waals surface area (Å²) >= 11 is 8.93. The number of ketones is 1. The van der Waals surface area contributed by atoms with Gasteiger partial charge in [-0.3, -0.25) is 9.48 Å². The maximum absolute atomic E-state index is 12.1. The van der Waals surface area contributed by atoms with Gasteiger partial charge in [0.1, 0.15) is 10.8 Å². The Balaban J connectivity index is 2.43. The number of nitrogens with zero attached hydrogens (tertiary/aromatic N) is 3. The minimum absolute atomic E-state index is 0.143. The summed E-state index contributed by atoms with van der Waals surface area (Å²) in [6, 6.07) is 3.22. The Hall–Kier alpha value is -1.20. The molecule has 0 bridgehead atoms. The molecule has 82 valence electrons. The monoisotopic (exact) mass is 299 g/mol. The van der Waals surface area contributed by atoms with Crippen LogP contribution in [-0.4, -0.2) is 20.5 Å². The second-order valence-electron chi connectivity index (χ2n) is 3.16. The molecule has 0 radical (unpaired) electrons. The fraction of sp³-hybridized carbons (Fsp3) is 0.100. The molecule has 0 saturated carbocycles. The molecule has 2 aromatic heterocycles. The number of carbonyl (C=O) groups is 1. The van der Waals surface area contributed by atoms with Gasteiger partial charge in [0.05, 0.1) is 10.7 Å². The van der Waals surface area contributed by atoms with Crippen molar-refractivity contribution in [2.24, 2.45) is 7.05 Å². The standard InChI is InChI=1S/C10H7BrClN3O/c1-15-9(7(11)5-14-15)10(16)6-2-3-8(12)13-4-6/h2-5H,1H3. The summed E-state index contributed by atoms with van der Waals surface area (Å²) in [4.78, 5) is 16.0. The lowest BCUT2D eigenvalue weighted by molar-refractivity contribution is 0.102. The van der Waals surface area contributed by atoms with Gasteiger partial charge in [0, 0.05) is 18.8 Å². The lowest BCUT2D eigenvalue weighted by Crippen LogP contribution is -2.09. The lowest BCUT2D eigenvalue weighted by Gasteiger charge is -2.02. The molecule has 0 saturated heterocycles. The van der Waals surface area contributed by atoms with E-state index in [4.69, 9.17) is 11.6 Å². The average molecular weight is 301 g/mol. The Morgan fingerprint density at radius 2 is 2.19 bits per heavy atom. The summed E-state index contributed by atoms with van der Waals surface area (Å²) in [5, 5.41) is 4.34. The third kappa shape index (κ3) is 2.01. The van der Waals surface area contributed by atoms with Gasteiger partial charge in [0.2, 0.25) is 5.78 Å². The summed E-state index contributed by atoms with van der Waals surface area (Å²) < 4.78 is 2.18. The van der Waals surface area contributed by atoms with Gasteiger partial charge >= 0.3 is 0 Å². The van der Waals surface area contributed by atoms with Crippen LogP contribution in [0.5, 0.6) is 0 Å². The maximum Gasteiger partial charge on any atom is 0.213 e. The van der Waals surface area contributed by atoms with Crippen LogP contribution in [0.1, 0.15) is 16.1 Å². The van der Waals surface area contributed by atoms with E-state index in [9.17, 15) is 4.79 Å². The largest absolute Gasteiger partial charge is 0.287 e. The van der Waals surface area contributed by atoms with Gasteiger partial charge in [-0.15, -0.1) is 0 Å². The summed E-state index contributed by atoms with van der Waals surface area (Å²) in [6.07, 6.45) is 3.03. The van der Waals surface area contributed by atoms with Gasteiger partial charge in [-0.1, -0.05) is 11.6 Å². The first kappa shape index (κ1) is 11.3. The quantitative estimate of drug-likeness (QED) is 0.632. The first-order chi connectivity index (χ1) is 7.59. The SMILES string of the molecule is Cn1ncc(Br)c1C(=O)c1ccc(Cl)nc1. The molecule has 0 N–H and O–H groups in total. The van der Waals surface area contributed by atoms with Crippen molar-refractivity contribution < 1.29 is 4.79 Å². The van der Waals surface area contributed by atoms with Crippen LogP contribution in [0, 0.1) is 0 Å². The number of halogens is 2. The highest BCUT2D eigenvalue weighted by molar-refractivity contribution is 9.10. The maximum atomic E-state index is 12.1. The van der Waals surface area contributed by atoms with Crippen molar-refractivity contribution in [3.8, 4) is 0 Å². The van der Waals surface area contributed by atoms with E-state index < -0.39 is 0 Å². The zero-order valence-electron chi connectivity index (χ0n) is 8.32. The normalized spacial score (nSPS) is 10.4. The van der Waals surface area contributed by atoms with Crippen LogP contribution in [0.25, 0.3) is 0 Å². The molecule has 0 aliphatic rings. The first-order valence-corrected chi connectivity index (χ1v) is 5.60. The molecule has 0 amide bonds. The van der Waals surface area contributed by atoms with Crippen LogP contribution in [-0.2, 0) is 7.05 Å². The number of hydrogen-bond acceptors (Lipinski definition) is 3. The number of rotatable bonds is 2. The van der Waals surface area contributed by atoms with E-state index in [-0.39, 0.29) is 5.78 Å². The van der Waals surface area contributed by atoms with Gasteiger partial charge in [-0.05, 0) is 28.1 Å². The molecule has 0 aromatic carbocycles. The van der Waals surface area contributed by atoms with Crippen LogP contribution in [0.3, 0.4) is 0 Å². The van der Waals surface area contributed by atoms with Gasteiger partial charge < -0.3 is 0 Å². The zero-order chi connectivity index (χ0) is 11.7. The average Bonchev–Trinajstić information content (AvgIpc) is 2.59. The van der Waals surface area contributed by atoms with Crippen molar-refractivity contribution in [1.82, 2.24) is 14.8 Å². The lowest BCUT2D eigenvalue weighted by atomic mass is 10.1. The third-order valence-electron chi connectivity index (χ3n) is 2.10. The highest BCUT2D eigenvalue weighted by atomic mass is 79.9. The number of hydrogen-bond donors (Lipinski definition) is 0. The second kappa shape index (κ2) is 4.35. The van der Waals surface area contributed by atoms with Gasteiger partial charge in [-0.25, -0.2) is 4.98 Å². The molecule has 2 heterocycles. The molecule has 0 aliphatic carbocycles. The molecular weight excluding hydrogens is 293 g/mol. The van der Waals surface area contributed by atoms with Crippen LogP contribution in [0.2, 0.25) is 5.15 Å². The molecule has 6 heteroatoms. The molecule has 0 aliphatic heterocycles. The van der Waals surface area contributed by atoms with E-state index in [1.165, 1.54) is 10.9 Å². The Labute approximate surface area is 105 Å². The zero-order valence-corrected chi connectivity index (χ0v) is 10.7. The van der Waals surface area contributed by atoms with Crippen molar-refractivity contribution in [3.63, 3.8) is 0 Å². The molecule has 0 atom stereocenters. The van der Waals surface area contributed by atoms with E-state index in [0.29, 0.717) is 20.9 Å². The topological polar surface area (TPSA) is 47.8 Å². The van der Waals surface area contributed by atoms with Crippen LogP contribution < -0.4 is 0 Å². The van der Waals surface area contributed by atoms with E-state index in [1.807, 2.05) is 0 Å². The molecule has 0 fully saturated rings. The number of carbonyl (C=O) groups excluding carboxylic acids is 1. The second-order valence-corrected chi connectivity index (χ2v) is 4.41. The third-order valence-corrected chi connectivity index (χ3v) is 2.90. The first-order valence-electron chi connectivity index (χ1n) is 4.43. The summed E-state index contributed by atoms with van der Waals surface area (Å²) in [5.41, 5.74) is 0.970. The Kier molecular flexibility index (Phi) is 3.07. The molecular formula is C10H7BrClN3O. The van der Waals surface area contributed by atoms with E-state index >= 15 is 0 Å². The molecule has 2 aromatic rings. The van der Waals surface area contributed by atoms with E-state index in [2.05, 4.69) is 26.0 Å². The molecule has 2 rings (SSSR count). The number of aromatic nitrogens is 3. The van der Waals surface area contributed by atoms with Gasteiger partial charge in [-0.2, -0.15) is 5.10 Å². The van der Waals surface area contributed by atoms with Crippen molar-refractivity contribution in [2.75, 3.05) is 0 Å². The highest BCUT2D eigenvalue weighted by Crippen LogP contribution is 2.19. The minimum atomic E-state index is -0.143. The van der Waals surface area contributed by atoms with E-state index in [1.54, 1.807) is 25.4 Å². The number of aryl methyl sites for hydroxylation is 1. The van der Waals surface area contributed by atoms with Crippen LogP contribution in [0.15, 0.2) is 29.0 Å². The summed E-state index contributed by atoms with van der Waals surface area (Å²) in [6.45, 7) is 0. The van der Waals surface area contributed by atoms with Crippen molar-refractivity contribution in [1.29, 1.82) is 0 Å². The Morgan fingerprint density at radius 3 is 2.69 bits per heavy atom. The van der Waals surface area contributed by atoms with Crippen molar-refractivity contribution in [2.45, 2.75) is 0 Å². The van der Waals surface area contributed by atoms with Gasteiger partial charge in [0.15, 0.2) is 0 Å². The molecule has 0 spiro atoms. The highest BCUT2D eigenvalue weighted by Gasteiger charge is 2.17. The van der Waals surface area contributed by atoms with Crippen LogP contribution in [0.4, 0.5) is 0 Å². The van der Waals surface area contributed by atoms with Crippen molar-refractivity contribution >= 4 is 33.3 Å². The molecule has 16 heavy (non-hydrogen) atoms. The predicted octanol–water partition coefficient (Wildman–Crippen LogP) is 2.46. The van der Waals surface area contributed by atoms with E-state index in [0.717, 1.165) is 0 Å². The Bertz CT molecular complexity index is 516. The Morgan fingerprint density at radius 1 is 1.44 bits per heavy atom. The smallest absolute Gasteiger partial charge is 0.213 e. The summed E-state index contributed by atoms with van der Waals surface area (Å²) in [5.74, 6) is -0.143. The molecule has 0 unspecified atom stereocenters. The fourth-order valence-corrected chi connectivity index (χ4v) is 1.95. The summed E-state index contributed by atoms with van der Waals surface area (Å²) in [7, 11) is 1.71. The van der Waals surface area contributed by atoms with Crippen molar-refractivity contribution in [3.05, 3.63) is 45.4 Å².